The summed E-state index contributed by atoms with van der Waals surface area (Å²) in [7, 11) is -4.18. The van der Waals surface area contributed by atoms with Gasteiger partial charge in [0.05, 0.1) is 10.5 Å². The van der Waals surface area contributed by atoms with Gasteiger partial charge in [0.15, 0.2) is 4.91 Å². The Kier molecular flexibility index (Phi) is 6.46. The van der Waals surface area contributed by atoms with Gasteiger partial charge in [0.2, 0.25) is 9.84 Å². The summed E-state index contributed by atoms with van der Waals surface area (Å²) in [6.07, 6.45) is -3.04. The summed E-state index contributed by atoms with van der Waals surface area (Å²) in [5.74, 6) is 0. The van der Waals surface area contributed by atoms with Crippen LogP contribution < -0.4 is 5.32 Å². The van der Waals surface area contributed by atoms with E-state index in [1.165, 1.54) is 42.7 Å². The van der Waals surface area contributed by atoms with Crippen molar-refractivity contribution in [2.24, 2.45) is 0 Å². The van der Waals surface area contributed by atoms with Crippen LogP contribution in [0.1, 0.15) is 5.56 Å². The number of nitriles is 1. The lowest BCUT2D eigenvalue weighted by molar-refractivity contribution is -0.137. The summed E-state index contributed by atoms with van der Waals surface area (Å²) in [6.45, 7) is 0. The summed E-state index contributed by atoms with van der Waals surface area (Å²) in [5.41, 5.74) is -0.889. The zero-order valence-corrected chi connectivity index (χ0v) is 16.1. The fourth-order valence-corrected chi connectivity index (χ4v) is 4.37. The molecule has 0 saturated carbocycles. The number of halogens is 4. The largest absolute Gasteiger partial charge is 0.416 e. The van der Waals surface area contributed by atoms with Gasteiger partial charge in [-0.2, -0.15) is 18.4 Å². The molecule has 0 spiro atoms. The molecule has 4 nitrogen and oxygen atoms in total. The second-order valence-electron chi connectivity index (χ2n) is 5.14. The highest BCUT2D eigenvalue weighted by Crippen LogP contribution is 2.33. The molecule has 0 saturated heterocycles. The smallest absolute Gasteiger partial charge is 0.349 e. The molecular formula is C17H12ClF3N2O2S2. The molecule has 2 rings (SSSR count). The summed E-state index contributed by atoms with van der Waals surface area (Å²) in [6, 6.07) is 11.1. The maximum atomic E-state index is 12.9. The molecule has 0 aliphatic carbocycles. The second kappa shape index (κ2) is 8.25. The number of anilines is 1. The number of sulfone groups is 1. The van der Waals surface area contributed by atoms with Gasteiger partial charge < -0.3 is 5.32 Å². The van der Waals surface area contributed by atoms with Crippen LogP contribution in [0.5, 0.6) is 0 Å². The average molecular weight is 433 g/mol. The quantitative estimate of drug-likeness (QED) is 0.649. The molecule has 0 aromatic heterocycles. The van der Waals surface area contributed by atoms with Crippen molar-refractivity contribution in [1.82, 2.24) is 0 Å². The van der Waals surface area contributed by atoms with Crippen molar-refractivity contribution in [1.29, 1.82) is 5.26 Å². The van der Waals surface area contributed by atoms with E-state index in [2.05, 4.69) is 5.32 Å². The number of nitrogens with one attached hydrogen (secondary N) is 1. The number of hydrogen-bond acceptors (Lipinski definition) is 5. The van der Waals surface area contributed by atoms with Crippen LogP contribution in [0.15, 0.2) is 63.4 Å². The molecule has 0 unspecified atom stereocenters. The third kappa shape index (κ3) is 4.97. The first-order valence-corrected chi connectivity index (χ1v) is 10.3. The van der Waals surface area contributed by atoms with E-state index in [1.54, 1.807) is 6.07 Å². The number of nitrogens with zero attached hydrogens (tertiary/aromatic N) is 1. The van der Waals surface area contributed by atoms with E-state index in [1.807, 2.05) is 0 Å². The van der Waals surface area contributed by atoms with Gasteiger partial charge in [-0.25, -0.2) is 8.42 Å². The van der Waals surface area contributed by atoms with E-state index in [9.17, 15) is 26.9 Å². The maximum absolute atomic E-state index is 12.9. The number of alkyl halides is 3. The van der Waals surface area contributed by atoms with Crippen LogP contribution in [-0.4, -0.2) is 14.7 Å². The van der Waals surface area contributed by atoms with Gasteiger partial charge in [0.1, 0.15) is 11.1 Å². The average Bonchev–Trinajstić information content (AvgIpc) is 2.61. The molecule has 0 bridgehead atoms. The third-order valence-corrected chi connectivity index (χ3v) is 6.17. The molecule has 0 amide bonds. The Morgan fingerprint density at radius 1 is 1.19 bits per heavy atom. The standard InChI is InChI=1S/C17H12ClF3N2O2S2/c1-26-16(23-13-4-2-3-11(9-13)17(19,20)21)15(10-22)27(24,25)14-7-5-12(18)6-8-14/h2-9,23H,1H3/b16-15+. The van der Waals surface area contributed by atoms with E-state index in [0.717, 1.165) is 23.9 Å². The summed E-state index contributed by atoms with van der Waals surface area (Å²) >= 11 is 6.64. The van der Waals surface area contributed by atoms with Crippen LogP contribution in [-0.2, 0) is 16.0 Å². The topological polar surface area (TPSA) is 70.0 Å². The van der Waals surface area contributed by atoms with Gasteiger partial charge in [0.25, 0.3) is 0 Å². The number of thioether (sulfide) groups is 1. The zero-order valence-electron chi connectivity index (χ0n) is 13.7. The lowest BCUT2D eigenvalue weighted by atomic mass is 10.2. The molecule has 27 heavy (non-hydrogen) atoms. The minimum atomic E-state index is -4.55. The molecule has 0 aliphatic heterocycles. The Labute approximate surface area is 163 Å². The van der Waals surface area contributed by atoms with Gasteiger partial charge in [0, 0.05) is 10.7 Å². The van der Waals surface area contributed by atoms with E-state index in [-0.39, 0.29) is 15.6 Å². The first-order chi connectivity index (χ1) is 12.6. The highest BCUT2D eigenvalue weighted by Gasteiger charge is 2.31. The zero-order chi connectivity index (χ0) is 20.2. The number of rotatable bonds is 5. The lowest BCUT2D eigenvalue weighted by Crippen LogP contribution is -2.10. The Hall–Kier alpha value is -2.15. The molecule has 1 N–H and O–H groups in total. The molecule has 0 heterocycles. The Bertz CT molecular complexity index is 1010. The summed E-state index contributed by atoms with van der Waals surface area (Å²) in [5, 5.41) is 12.2. The van der Waals surface area contributed by atoms with Gasteiger partial charge in [-0.3, -0.25) is 0 Å². The van der Waals surface area contributed by atoms with Gasteiger partial charge in [-0.05, 0) is 48.7 Å². The summed E-state index contributed by atoms with van der Waals surface area (Å²) < 4.78 is 64.0. The third-order valence-electron chi connectivity index (χ3n) is 3.35. The molecule has 2 aromatic rings. The van der Waals surface area contributed by atoms with Crippen LogP contribution in [0.4, 0.5) is 18.9 Å². The highest BCUT2D eigenvalue weighted by molar-refractivity contribution is 8.04. The van der Waals surface area contributed by atoms with Gasteiger partial charge in [-0.15, -0.1) is 11.8 Å². The monoisotopic (exact) mass is 432 g/mol. The van der Waals surface area contributed by atoms with Crippen LogP contribution >= 0.6 is 23.4 Å². The van der Waals surface area contributed by atoms with Crippen molar-refractivity contribution in [2.45, 2.75) is 11.1 Å². The predicted molar refractivity (Wildman–Crippen MR) is 99.9 cm³/mol. The molecular weight excluding hydrogens is 421 g/mol. The van der Waals surface area contributed by atoms with Crippen molar-refractivity contribution in [3.63, 3.8) is 0 Å². The molecule has 0 atom stereocenters. The predicted octanol–water partition coefficient (Wildman–Crippen LogP) is 5.30. The molecule has 10 heteroatoms. The van der Waals surface area contributed by atoms with Crippen molar-refractivity contribution >= 4 is 38.9 Å². The fourth-order valence-electron chi connectivity index (χ4n) is 2.07. The molecule has 142 valence electrons. The number of benzene rings is 2. The maximum Gasteiger partial charge on any atom is 0.416 e. The Balaban J connectivity index is 2.50. The van der Waals surface area contributed by atoms with Crippen LogP contribution in [0, 0.1) is 11.3 Å². The normalized spacial score (nSPS) is 12.9. The number of hydrogen-bond donors (Lipinski definition) is 1. The van der Waals surface area contributed by atoms with Crippen molar-refractivity contribution in [3.8, 4) is 6.07 Å². The highest BCUT2D eigenvalue weighted by atomic mass is 35.5. The van der Waals surface area contributed by atoms with Crippen LogP contribution in [0.2, 0.25) is 5.02 Å². The molecule has 0 fully saturated rings. The molecule has 0 aliphatic rings. The van der Waals surface area contributed by atoms with Crippen molar-refractivity contribution < 1.29 is 21.6 Å². The van der Waals surface area contributed by atoms with Crippen molar-refractivity contribution in [2.75, 3.05) is 11.6 Å². The minimum absolute atomic E-state index is 0.00762. The molecule has 2 aromatic carbocycles. The van der Waals surface area contributed by atoms with Crippen LogP contribution in [0.3, 0.4) is 0 Å². The van der Waals surface area contributed by atoms with E-state index in [0.29, 0.717) is 5.02 Å². The fraction of sp³-hybridized carbons (Fsp3) is 0.118. The van der Waals surface area contributed by atoms with Crippen LogP contribution in [0.25, 0.3) is 0 Å². The van der Waals surface area contributed by atoms with Gasteiger partial charge in [-0.1, -0.05) is 17.7 Å². The van der Waals surface area contributed by atoms with E-state index >= 15 is 0 Å². The number of allylic oxidation sites excluding steroid dienone is 1. The van der Waals surface area contributed by atoms with E-state index < -0.39 is 26.5 Å². The second-order valence-corrected chi connectivity index (χ2v) is 8.27. The van der Waals surface area contributed by atoms with Crippen molar-refractivity contribution in [3.05, 3.63) is 69.1 Å². The van der Waals surface area contributed by atoms with E-state index in [4.69, 9.17) is 11.6 Å². The lowest BCUT2D eigenvalue weighted by Gasteiger charge is -2.14. The summed E-state index contributed by atoms with van der Waals surface area (Å²) in [4.78, 5) is -0.754. The Morgan fingerprint density at radius 3 is 2.33 bits per heavy atom. The first kappa shape index (κ1) is 21.2. The Morgan fingerprint density at radius 2 is 1.81 bits per heavy atom. The van der Waals surface area contributed by atoms with Gasteiger partial charge >= 0.3 is 6.18 Å². The molecule has 0 radical (unpaired) electrons. The first-order valence-electron chi connectivity index (χ1n) is 7.23. The SMILES string of the molecule is CS/C(Nc1cccc(C(F)(F)F)c1)=C(\C#N)S(=O)(=O)c1ccc(Cl)cc1. The minimum Gasteiger partial charge on any atom is -0.349 e.